The summed E-state index contributed by atoms with van der Waals surface area (Å²) in [5.74, 6) is -0.862. The zero-order valence-corrected chi connectivity index (χ0v) is 20.0. The average molecular weight is 506 g/mol. The van der Waals surface area contributed by atoms with Crippen LogP contribution in [0.2, 0.25) is 5.02 Å². The molecule has 1 spiro atoms. The maximum absolute atomic E-state index is 14.0. The molecular formula is C26H27ClF3N3O2. The lowest BCUT2D eigenvalue weighted by Crippen LogP contribution is -2.58. The first-order valence-electron chi connectivity index (χ1n) is 11.9. The fraction of sp³-hybridized carbons (Fsp3) is 0.462. The Morgan fingerprint density at radius 2 is 1.69 bits per heavy atom. The fourth-order valence-electron chi connectivity index (χ4n) is 5.87. The molecule has 35 heavy (non-hydrogen) atoms. The highest BCUT2D eigenvalue weighted by atomic mass is 35.5. The number of halogens is 4. The van der Waals surface area contributed by atoms with Crippen molar-refractivity contribution < 1.29 is 22.8 Å². The molecule has 0 saturated carbocycles. The Balaban J connectivity index is 1.42. The van der Waals surface area contributed by atoms with Gasteiger partial charge in [-0.1, -0.05) is 48.0 Å². The molecule has 5 rings (SSSR count). The van der Waals surface area contributed by atoms with Gasteiger partial charge in [0.2, 0.25) is 11.8 Å². The van der Waals surface area contributed by atoms with Crippen molar-refractivity contribution in [2.24, 2.45) is 0 Å². The van der Waals surface area contributed by atoms with E-state index in [1.807, 2.05) is 18.2 Å². The predicted octanol–water partition coefficient (Wildman–Crippen LogP) is 4.77. The summed E-state index contributed by atoms with van der Waals surface area (Å²) < 4.78 is 39.2. The second-order valence-electron chi connectivity index (χ2n) is 9.69. The van der Waals surface area contributed by atoms with E-state index < -0.39 is 30.1 Å². The summed E-state index contributed by atoms with van der Waals surface area (Å²) in [7, 11) is 0. The van der Waals surface area contributed by atoms with Crippen LogP contribution in [-0.4, -0.2) is 60.0 Å². The number of rotatable bonds is 4. The molecule has 0 unspecified atom stereocenters. The van der Waals surface area contributed by atoms with Crippen molar-refractivity contribution in [3.63, 3.8) is 0 Å². The van der Waals surface area contributed by atoms with Gasteiger partial charge in [0, 0.05) is 23.7 Å². The second-order valence-corrected chi connectivity index (χ2v) is 10.1. The molecule has 0 bridgehead atoms. The van der Waals surface area contributed by atoms with E-state index in [0.717, 1.165) is 11.4 Å². The molecule has 0 aliphatic carbocycles. The number of amides is 2. The normalized spacial score (nSPS) is 22.7. The van der Waals surface area contributed by atoms with Gasteiger partial charge >= 0.3 is 6.18 Å². The summed E-state index contributed by atoms with van der Waals surface area (Å²) in [5.41, 5.74) is 1.60. The van der Waals surface area contributed by atoms with E-state index in [4.69, 9.17) is 11.6 Å². The molecule has 2 aromatic rings. The first kappa shape index (κ1) is 24.1. The molecule has 2 aromatic carbocycles. The number of alkyl halides is 3. The molecule has 3 aliphatic heterocycles. The summed E-state index contributed by atoms with van der Waals surface area (Å²) in [4.78, 5) is 31.8. The average Bonchev–Trinajstić information content (AvgIpc) is 3.05. The van der Waals surface area contributed by atoms with Crippen molar-refractivity contribution in [2.75, 3.05) is 31.1 Å². The van der Waals surface area contributed by atoms with Crippen LogP contribution in [0.25, 0.3) is 0 Å². The third kappa shape index (κ3) is 4.42. The van der Waals surface area contributed by atoms with E-state index in [9.17, 15) is 22.8 Å². The Kier molecular flexibility index (Phi) is 6.30. The molecule has 2 saturated heterocycles. The van der Waals surface area contributed by atoms with Gasteiger partial charge in [-0.3, -0.25) is 19.4 Å². The minimum atomic E-state index is -4.49. The van der Waals surface area contributed by atoms with Crippen LogP contribution in [0.4, 0.5) is 18.9 Å². The number of piperidine rings is 2. The van der Waals surface area contributed by atoms with E-state index in [2.05, 4.69) is 17.0 Å². The van der Waals surface area contributed by atoms with E-state index in [1.54, 1.807) is 18.2 Å². The third-order valence-corrected chi connectivity index (χ3v) is 7.82. The number of nitrogens with zero attached hydrogens (tertiary/aromatic N) is 3. The Bertz CT molecular complexity index is 1120. The van der Waals surface area contributed by atoms with Crippen molar-refractivity contribution >= 4 is 29.1 Å². The van der Waals surface area contributed by atoms with Crippen molar-refractivity contribution in [3.05, 3.63) is 64.7 Å². The number of anilines is 1. The number of likely N-dealkylation sites (tertiary alicyclic amines) is 2. The van der Waals surface area contributed by atoms with Gasteiger partial charge in [-0.2, -0.15) is 13.2 Å². The molecular weight excluding hydrogens is 479 g/mol. The van der Waals surface area contributed by atoms with Crippen LogP contribution in [0.1, 0.15) is 36.8 Å². The highest BCUT2D eigenvalue weighted by Gasteiger charge is 2.56. The van der Waals surface area contributed by atoms with E-state index in [-0.39, 0.29) is 12.5 Å². The lowest BCUT2D eigenvalue weighted by molar-refractivity contribution is -0.164. The van der Waals surface area contributed by atoms with Gasteiger partial charge in [-0.05, 0) is 56.5 Å². The van der Waals surface area contributed by atoms with Gasteiger partial charge in [0.15, 0.2) is 0 Å². The molecule has 3 heterocycles. The van der Waals surface area contributed by atoms with Crippen LogP contribution >= 0.6 is 11.6 Å². The maximum atomic E-state index is 14.0. The standard InChI is InChI=1S/C26H27ClF3N3O2/c27-19-8-4-9-20-22(19)25(11-14-31(15-12-25)16-18-6-2-1-3-7-18)24(35)33(20)21-10-5-13-32(23(21)34)17-26(28,29)30/h1-4,6-9,21H,5,10-17H2/t21-/m1/s1. The molecule has 1 atom stereocenters. The number of hydrogen-bond donors (Lipinski definition) is 0. The van der Waals surface area contributed by atoms with Crippen LogP contribution in [0.15, 0.2) is 48.5 Å². The summed E-state index contributed by atoms with van der Waals surface area (Å²) in [6, 6.07) is 14.4. The smallest absolute Gasteiger partial charge is 0.332 e. The van der Waals surface area contributed by atoms with Gasteiger partial charge in [-0.15, -0.1) is 0 Å². The van der Waals surface area contributed by atoms with Crippen LogP contribution in [-0.2, 0) is 21.5 Å². The fourth-order valence-corrected chi connectivity index (χ4v) is 6.23. The maximum Gasteiger partial charge on any atom is 0.406 e. The molecule has 2 fully saturated rings. The minimum Gasteiger partial charge on any atom is -0.332 e. The van der Waals surface area contributed by atoms with Crippen LogP contribution in [0.5, 0.6) is 0 Å². The van der Waals surface area contributed by atoms with Crippen LogP contribution < -0.4 is 4.90 Å². The van der Waals surface area contributed by atoms with Crippen LogP contribution in [0.3, 0.4) is 0 Å². The van der Waals surface area contributed by atoms with E-state index in [1.165, 1.54) is 10.5 Å². The molecule has 0 N–H and O–H groups in total. The molecule has 0 aromatic heterocycles. The Morgan fingerprint density at radius 1 is 0.971 bits per heavy atom. The Morgan fingerprint density at radius 3 is 2.37 bits per heavy atom. The lowest BCUT2D eigenvalue weighted by atomic mass is 9.73. The molecule has 0 radical (unpaired) electrons. The SMILES string of the molecule is O=C1[C@H](N2C(=O)C3(CCN(Cc4ccccc4)CC3)c3c(Cl)cccc32)CCCN1CC(F)(F)F. The lowest BCUT2D eigenvalue weighted by Gasteiger charge is -2.40. The van der Waals surface area contributed by atoms with Crippen molar-refractivity contribution in [1.82, 2.24) is 9.80 Å². The number of benzene rings is 2. The van der Waals surface area contributed by atoms with Gasteiger partial charge in [0.1, 0.15) is 12.6 Å². The largest absolute Gasteiger partial charge is 0.406 e. The molecule has 2 amide bonds. The number of fused-ring (bicyclic) bond motifs is 2. The van der Waals surface area contributed by atoms with Crippen molar-refractivity contribution in [1.29, 1.82) is 0 Å². The highest BCUT2D eigenvalue weighted by Crippen LogP contribution is 2.52. The molecule has 3 aliphatic rings. The monoisotopic (exact) mass is 505 g/mol. The van der Waals surface area contributed by atoms with Gasteiger partial charge in [0.25, 0.3) is 0 Å². The predicted molar refractivity (Wildman–Crippen MR) is 127 cm³/mol. The number of carbonyl (C=O) groups is 2. The van der Waals surface area contributed by atoms with Gasteiger partial charge < -0.3 is 4.90 Å². The zero-order chi connectivity index (χ0) is 24.8. The van der Waals surface area contributed by atoms with Crippen molar-refractivity contribution in [2.45, 2.75) is 49.9 Å². The second kappa shape index (κ2) is 9.13. The summed E-state index contributed by atoms with van der Waals surface area (Å²) in [6.45, 7) is 0.874. The quantitative estimate of drug-likeness (QED) is 0.601. The Hall–Kier alpha value is -2.58. The summed E-state index contributed by atoms with van der Waals surface area (Å²) in [6.07, 6.45) is -2.66. The van der Waals surface area contributed by atoms with Crippen molar-refractivity contribution in [3.8, 4) is 0 Å². The molecule has 5 nitrogen and oxygen atoms in total. The van der Waals surface area contributed by atoms with Crippen LogP contribution in [0, 0.1) is 0 Å². The highest BCUT2D eigenvalue weighted by molar-refractivity contribution is 6.33. The van der Waals surface area contributed by atoms with Gasteiger partial charge in [0.05, 0.1) is 11.1 Å². The number of hydrogen-bond acceptors (Lipinski definition) is 3. The van der Waals surface area contributed by atoms with E-state index >= 15 is 0 Å². The minimum absolute atomic E-state index is 0.0405. The first-order chi connectivity index (χ1) is 16.7. The van der Waals surface area contributed by atoms with Gasteiger partial charge in [-0.25, -0.2) is 0 Å². The zero-order valence-electron chi connectivity index (χ0n) is 19.2. The summed E-state index contributed by atoms with van der Waals surface area (Å²) >= 11 is 6.64. The molecule has 9 heteroatoms. The Labute approximate surface area is 207 Å². The third-order valence-electron chi connectivity index (χ3n) is 7.50. The summed E-state index contributed by atoms with van der Waals surface area (Å²) in [5, 5.41) is 0.463. The number of carbonyl (C=O) groups excluding carboxylic acids is 2. The van der Waals surface area contributed by atoms with E-state index in [0.29, 0.717) is 55.0 Å². The molecule has 186 valence electrons. The first-order valence-corrected chi connectivity index (χ1v) is 12.3. The topological polar surface area (TPSA) is 43.9 Å².